The molecule has 0 saturated heterocycles. The standard InChI is InChI=1S/C33H45FN2O3S.BrH/c1-3-4-5-6-7-8-9-10-11-12-13-14-20-38-32-19-18-30(22-31(32)34)39-25-33(37)35-29-17-15-16-28(21-29)24-36-23-27(2)40-26-36;/h15-19,21-23,26H,3-14,20,24-25H2,1-2H3;1H. The number of hydrogen-bond acceptors (Lipinski definition) is 4. The van der Waals surface area contributed by atoms with E-state index in [1.54, 1.807) is 23.5 Å². The Labute approximate surface area is 260 Å². The summed E-state index contributed by atoms with van der Waals surface area (Å²) in [4.78, 5) is 13.6. The van der Waals surface area contributed by atoms with Crippen LogP contribution in [0.15, 0.2) is 54.2 Å². The average molecular weight is 650 g/mol. The van der Waals surface area contributed by atoms with E-state index in [2.05, 4.69) is 35.4 Å². The van der Waals surface area contributed by atoms with Gasteiger partial charge in [0, 0.05) is 17.3 Å². The van der Waals surface area contributed by atoms with E-state index in [-0.39, 0.29) is 35.2 Å². The molecule has 0 atom stereocenters. The number of unbranched alkanes of at least 4 members (excludes halogenated alkanes) is 11. The first-order chi connectivity index (χ1) is 19.5. The van der Waals surface area contributed by atoms with Gasteiger partial charge in [-0.25, -0.2) is 4.39 Å². The van der Waals surface area contributed by atoms with Gasteiger partial charge in [0.1, 0.15) is 5.75 Å². The number of halogens is 2. The van der Waals surface area contributed by atoms with Gasteiger partial charge in [0.15, 0.2) is 30.9 Å². The Kier molecular flexibility index (Phi) is 17.3. The van der Waals surface area contributed by atoms with E-state index < -0.39 is 5.82 Å². The zero-order valence-corrected chi connectivity index (χ0v) is 27.0. The van der Waals surface area contributed by atoms with Crippen LogP contribution in [0.25, 0.3) is 0 Å². The summed E-state index contributed by atoms with van der Waals surface area (Å²) in [5.41, 5.74) is 3.86. The second kappa shape index (κ2) is 20.4. The molecule has 0 bridgehead atoms. The van der Waals surface area contributed by atoms with Gasteiger partial charge in [0.2, 0.25) is 5.51 Å². The van der Waals surface area contributed by atoms with Gasteiger partial charge in [-0.1, -0.05) is 101 Å². The van der Waals surface area contributed by atoms with Crippen molar-refractivity contribution in [2.45, 2.75) is 97.4 Å². The number of thiazole rings is 1. The highest BCUT2D eigenvalue weighted by Gasteiger charge is 2.10. The number of aromatic nitrogens is 1. The minimum atomic E-state index is -0.481. The summed E-state index contributed by atoms with van der Waals surface area (Å²) in [6.45, 7) is 5.36. The maximum atomic E-state index is 14.5. The zero-order valence-electron chi connectivity index (χ0n) is 24.6. The normalized spacial score (nSPS) is 10.7. The van der Waals surface area contributed by atoms with E-state index in [1.807, 2.05) is 24.3 Å². The lowest BCUT2D eigenvalue weighted by Crippen LogP contribution is -3.00. The molecule has 0 aliphatic rings. The number of hydrogen-bond donors (Lipinski definition) is 1. The lowest BCUT2D eigenvalue weighted by atomic mass is 10.1. The second-order valence-corrected chi connectivity index (χ2v) is 11.6. The molecular weight excluding hydrogens is 603 g/mol. The number of aryl methyl sites for hydroxylation is 1. The number of rotatable bonds is 20. The summed E-state index contributed by atoms with van der Waals surface area (Å²) in [7, 11) is 0. The highest BCUT2D eigenvalue weighted by molar-refractivity contribution is 7.09. The summed E-state index contributed by atoms with van der Waals surface area (Å²) in [6, 6.07) is 12.2. The van der Waals surface area contributed by atoms with E-state index in [1.165, 1.54) is 75.2 Å². The van der Waals surface area contributed by atoms with Crippen molar-refractivity contribution < 1.29 is 40.2 Å². The van der Waals surface area contributed by atoms with Crippen LogP contribution in [0.4, 0.5) is 10.1 Å². The Morgan fingerprint density at radius 1 is 0.902 bits per heavy atom. The number of amides is 1. The van der Waals surface area contributed by atoms with Crippen LogP contribution >= 0.6 is 11.3 Å². The fourth-order valence-corrected chi connectivity index (χ4v) is 5.28. The molecule has 0 unspecified atom stereocenters. The van der Waals surface area contributed by atoms with Crippen molar-refractivity contribution in [3.63, 3.8) is 0 Å². The van der Waals surface area contributed by atoms with Crippen molar-refractivity contribution in [3.8, 4) is 11.5 Å². The molecule has 0 aliphatic heterocycles. The van der Waals surface area contributed by atoms with Crippen LogP contribution in [-0.4, -0.2) is 19.1 Å². The SMILES string of the molecule is CCCCCCCCCCCCCCOc1ccc(OCC(=O)Nc2cccc(C[n+]3csc(C)c3)c2)cc1F.[Br-]. The molecule has 0 spiro atoms. The van der Waals surface area contributed by atoms with Crippen LogP contribution in [0.3, 0.4) is 0 Å². The van der Waals surface area contributed by atoms with Crippen LogP contribution in [0.2, 0.25) is 0 Å². The number of carbonyl (C=O) groups excluding carboxylic acids is 1. The van der Waals surface area contributed by atoms with Crippen molar-refractivity contribution in [1.82, 2.24) is 0 Å². The third kappa shape index (κ3) is 14.3. The molecule has 226 valence electrons. The summed E-state index contributed by atoms with van der Waals surface area (Å²) in [5, 5.41) is 2.85. The fraction of sp³-hybridized carbons (Fsp3) is 0.515. The predicted molar refractivity (Wildman–Crippen MR) is 162 cm³/mol. The Bertz CT molecular complexity index is 1160. The summed E-state index contributed by atoms with van der Waals surface area (Å²) >= 11 is 1.70. The number of nitrogens with zero attached hydrogens (tertiary/aromatic N) is 1. The van der Waals surface area contributed by atoms with E-state index >= 15 is 0 Å². The Balaban J connectivity index is 0.00000588. The molecule has 0 saturated carbocycles. The molecule has 0 aliphatic carbocycles. The fourth-order valence-electron chi connectivity index (χ4n) is 4.65. The van der Waals surface area contributed by atoms with Crippen molar-refractivity contribution in [3.05, 3.63) is 70.4 Å². The third-order valence-electron chi connectivity index (χ3n) is 6.83. The Morgan fingerprint density at radius 2 is 1.59 bits per heavy atom. The Hall–Kier alpha value is -2.45. The van der Waals surface area contributed by atoms with Gasteiger partial charge in [-0.2, -0.15) is 4.57 Å². The van der Waals surface area contributed by atoms with Gasteiger partial charge < -0.3 is 31.8 Å². The number of ether oxygens (including phenoxy) is 2. The third-order valence-corrected chi connectivity index (χ3v) is 7.68. The lowest BCUT2D eigenvalue weighted by molar-refractivity contribution is -0.683. The van der Waals surface area contributed by atoms with E-state index in [0.717, 1.165) is 24.9 Å². The topological polar surface area (TPSA) is 51.4 Å². The van der Waals surface area contributed by atoms with Crippen LogP contribution in [0.5, 0.6) is 11.5 Å². The predicted octanol–water partition coefficient (Wildman–Crippen LogP) is 5.63. The summed E-state index contributed by atoms with van der Waals surface area (Å²) in [6.07, 6.45) is 17.4. The molecule has 1 amide bonds. The molecule has 1 N–H and O–H groups in total. The van der Waals surface area contributed by atoms with Gasteiger partial charge in [0.05, 0.1) is 11.5 Å². The smallest absolute Gasteiger partial charge is 0.262 e. The van der Waals surface area contributed by atoms with Crippen LogP contribution in [0, 0.1) is 12.7 Å². The maximum absolute atomic E-state index is 14.5. The van der Waals surface area contributed by atoms with Gasteiger partial charge in [0.25, 0.3) is 5.91 Å². The first kappa shape index (κ1) is 34.7. The van der Waals surface area contributed by atoms with Crippen LogP contribution in [-0.2, 0) is 11.3 Å². The highest BCUT2D eigenvalue weighted by atomic mass is 79.9. The maximum Gasteiger partial charge on any atom is 0.262 e. The molecule has 3 aromatic rings. The molecular formula is C33H46BrFN2O3S. The van der Waals surface area contributed by atoms with Gasteiger partial charge in [-0.05, 0) is 37.6 Å². The minimum Gasteiger partial charge on any atom is -1.00 e. The molecule has 0 radical (unpaired) electrons. The lowest BCUT2D eigenvalue weighted by Gasteiger charge is -2.11. The quantitative estimate of drug-likeness (QED) is 0.128. The molecule has 1 aromatic heterocycles. The van der Waals surface area contributed by atoms with Crippen molar-refractivity contribution in [2.75, 3.05) is 18.5 Å². The first-order valence-corrected chi connectivity index (χ1v) is 15.8. The number of nitrogens with one attached hydrogen (secondary N) is 1. The molecule has 41 heavy (non-hydrogen) atoms. The van der Waals surface area contributed by atoms with E-state index in [4.69, 9.17) is 9.47 Å². The van der Waals surface area contributed by atoms with Gasteiger partial charge in [-0.15, -0.1) is 0 Å². The number of anilines is 1. The van der Waals surface area contributed by atoms with Crippen molar-refractivity contribution in [1.29, 1.82) is 0 Å². The summed E-state index contributed by atoms with van der Waals surface area (Å²) < 4.78 is 27.8. The van der Waals surface area contributed by atoms with Crippen LogP contribution < -0.4 is 36.3 Å². The zero-order chi connectivity index (χ0) is 28.4. The van der Waals surface area contributed by atoms with Crippen LogP contribution in [0.1, 0.15) is 94.4 Å². The Morgan fingerprint density at radius 3 is 2.22 bits per heavy atom. The molecule has 3 rings (SSSR count). The van der Waals surface area contributed by atoms with E-state index in [9.17, 15) is 9.18 Å². The largest absolute Gasteiger partial charge is 1.00 e. The van der Waals surface area contributed by atoms with Crippen molar-refractivity contribution >= 4 is 22.9 Å². The number of benzene rings is 2. The van der Waals surface area contributed by atoms with Gasteiger partial charge in [-0.3, -0.25) is 4.79 Å². The molecule has 2 aromatic carbocycles. The monoisotopic (exact) mass is 648 g/mol. The molecule has 1 heterocycles. The van der Waals surface area contributed by atoms with Crippen molar-refractivity contribution in [2.24, 2.45) is 0 Å². The second-order valence-electron chi connectivity index (χ2n) is 10.5. The minimum absolute atomic E-state index is 0. The summed E-state index contributed by atoms with van der Waals surface area (Å²) in [5.74, 6) is -0.270. The highest BCUT2D eigenvalue weighted by Crippen LogP contribution is 2.23. The average Bonchev–Trinajstić information content (AvgIpc) is 3.35. The van der Waals surface area contributed by atoms with E-state index in [0.29, 0.717) is 18.0 Å². The first-order valence-electron chi connectivity index (χ1n) is 14.9. The molecule has 5 nitrogen and oxygen atoms in total. The van der Waals surface area contributed by atoms with Gasteiger partial charge >= 0.3 is 0 Å². The molecule has 0 fully saturated rings. The number of carbonyl (C=O) groups is 1. The molecule has 8 heteroatoms.